The van der Waals surface area contributed by atoms with Crippen LogP contribution in [0.4, 0.5) is 0 Å². The maximum atomic E-state index is 9.97. The third-order valence-corrected chi connectivity index (χ3v) is 3.61. The molecule has 2 heteroatoms. The summed E-state index contributed by atoms with van der Waals surface area (Å²) in [7, 11) is 0. The van der Waals surface area contributed by atoms with E-state index in [2.05, 4.69) is 12.1 Å². The summed E-state index contributed by atoms with van der Waals surface area (Å²) in [6.07, 6.45) is 5.57. The molecule has 1 aliphatic rings. The molecule has 1 aromatic carbocycles. The van der Waals surface area contributed by atoms with Crippen LogP contribution in [0.3, 0.4) is 0 Å². The molecule has 2 rings (SSSR count). The molecule has 17 heavy (non-hydrogen) atoms. The van der Waals surface area contributed by atoms with E-state index in [1.165, 1.54) is 31.2 Å². The van der Waals surface area contributed by atoms with Crippen LogP contribution < -0.4 is 0 Å². The van der Waals surface area contributed by atoms with Crippen molar-refractivity contribution in [3.63, 3.8) is 0 Å². The van der Waals surface area contributed by atoms with Gasteiger partial charge in [0.05, 0.1) is 12.7 Å². The van der Waals surface area contributed by atoms with Gasteiger partial charge in [-0.15, -0.1) is 0 Å². The van der Waals surface area contributed by atoms with Gasteiger partial charge in [-0.2, -0.15) is 0 Å². The topological polar surface area (TPSA) is 29.5 Å². The van der Waals surface area contributed by atoms with Crippen LogP contribution in [0.2, 0.25) is 0 Å². The normalized spacial score (nSPS) is 18.4. The summed E-state index contributed by atoms with van der Waals surface area (Å²) >= 11 is 0. The first-order chi connectivity index (χ1) is 8.36. The third kappa shape index (κ3) is 4.14. The summed E-state index contributed by atoms with van der Waals surface area (Å²) in [6, 6.07) is 10.2. The molecule has 1 aliphatic carbocycles. The van der Waals surface area contributed by atoms with Crippen molar-refractivity contribution >= 4 is 0 Å². The molecule has 0 aliphatic heterocycles. The van der Waals surface area contributed by atoms with Crippen LogP contribution in [0, 0.1) is 5.92 Å². The van der Waals surface area contributed by atoms with Gasteiger partial charge < -0.3 is 9.84 Å². The maximum Gasteiger partial charge on any atom is 0.0716 e. The number of rotatable bonds is 6. The van der Waals surface area contributed by atoms with Crippen molar-refractivity contribution in [1.82, 2.24) is 0 Å². The summed E-state index contributed by atoms with van der Waals surface area (Å²) in [5.41, 5.74) is 1.20. The first-order valence-corrected chi connectivity index (χ1v) is 6.66. The Hall–Kier alpha value is -0.860. The molecular formula is C15H22O2. The Morgan fingerprint density at radius 1 is 1.18 bits per heavy atom. The Morgan fingerprint density at radius 3 is 2.59 bits per heavy atom. The molecular weight excluding hydrogens is 212 g/mol. The van der Waals surface area contributed by atoms with Crippen molar-refractivity contribution in [2.24, 2.45) is 5.92 Å². The highest BCUT2D eigenvalue weighted by atomic mass is 16.5. The Morgan fingerprint density at radius 2 is 1.88 bits per heavy atom. The average Bonchev–Trinajstić information content (AvgIpc) is 2.89. The second-order valence-electron chi connectivity index (χ2n) is 4.94. The molecule has 0 radical (unpaired) electrons. The zero-order valence-corrected chi connectivity index (χ0v) is 10.3. The molecule has 0 heterocycles. The van der Waals surface area contributed by atoms with E-state index in [4.69, 9.17) is 4.74 Å². The summed E-state index contributed by atoms with van der Waals surface area (Å²) in [6.45, 7) is 1.31. The molecule has 1 saturated carbocycles. The number of benzene rings is 1. The van der Waals surface area contributed by atoms with Crippen LogP contribution in [0.5, 0.6) is 0 Å². The van der Waals surface area contributed by atoms with Gasteiger partial charge in [-0.25, -0.2) is 0 Å². The summed E-state index contributed by atoms with van der Waals surface area (Å²) < 4.78 is 5.59. The quantitative estimate of drug-likeness (QED) is 0.766. The van der Waals surface area contributed by atoms with E-state index in [1.807, 2.05) is 18.2 Å². The molecule has 1 unspecified atom stereocenters. The Kier molecular flexibility index (Phi) is 5.02. The molecule has 94 valence electrons. The molecule has 0 spiro atoms. The fourth-order valence-electron chi connectivity index (χ4n) is 2.55. The average molecular weight is 234 g/mol. The third-order valence-electron chi connectivity index (χ3n) is 3.61. The first kappa shape index (κ1) is 12.6. The lowest BCUT2D eigenvalue weighted by atomic mass is 9.99. The Balaban J connectivity index is 1.59. The highest BCUT2D eigenvalue weighted by Crippen LogP contribution is 2.28. The van der Waals surface area contributed by atoms with Gasteiger partial charge in [0.25, 0.3) is 0 Å². The van der Waals surface area contributed by atoms with E-state index >= 15 is 0 Å². The minimum atomic E-state index is -0.159. The Bertz CT molecular complexity index is 304. The highest BCUT2D eigenvalue weighted by molar-refractivity contribution is 5.13. The van der Waals surface area contributed by atoms with Gasteiger partial charge in [0.2, 0.25) is 0 Å². The van der Waals surface area contributed by atoms with Crippen molar-refractivity contribution in [3.05, 3.63) is 35.9 Å². The lowest BCUT2D eigenvalue weighted by Gasteiger charge is -2.17. The van der Waals surface area contributed by atoms with Gasteiger partial charge in [-0.3, -0.25) is 0 Å². The summed E-state index contributed by atoms with van der Waals surface area (Å²) in [5, 5.41) is 9.97. The van der Waals surface area contributed by atoms with E-state index in [0.717, 1.165) is 6.42 Å². The van der Waals surface area contributed by atoms with Crippen molar-refractivity contribution in [2.45, 2.75) is 44.8 Å². The fourth-order valence-corrected chi connectivity index (χ4v) is 2.55. The molecule has 1 fully saturated rings. The minimum Gasteiger partial charge on any atom is -0.393 e. The lowest BCUT2D eigenvalue weighted by Crippen LogP contribution is -2.19. The zero-order valence-electron chi connectivity index (χ0n) is 10.3. The van der Waals surface area contributed by atoms with Crippen molar-refractivity contribution < 1.29 is 9.84 Å². The number of aliphatic hydroxyl groups is 1. The van der Waals surface area contributed by atoms with Crippen LogP contribution >= 0.6 is 0 Å². The maximum absolute atomic E-state index is 9.97. The van der Waals surface area contributed by atoms with E-state index in [1.54, 1.807) is 0 Å². The predicted molar refractivity (Wildman–Crippen MR) is 68.7 cm³/mol. The monoisotopic (exact) mass is 234 g/mol. The SMILES string of the molecule is OC(CCOCc1ccccc1)C1CCCC1. The van der Waals surface area contributed by atoms with Crippen LogP contribution in [-0.2, 0) is 11.3 Å². The van der Waals surface area contributed by atoms with Crippen LogP contribution in [0.25, 0.3) is 0 Å². The zero-order chi connectivity index (χ0) is 11.9. The van der Waals surface area contributed by atoms with Crippen LogP contribution in [-0.4, -0.2) is 17.8 Å². The number of hydrogen-bond acceptors (Lipinski definition) is 2. The van der Waals surface area contributed by atoms with E-state index in [9.17, 15) is 5.11 Å². The summed E-state index contributed by atoms with van der Waals surface area (Å²) in [5.74, 6) is 0.523. The lowest BCUT2D eigenvalue weighted by molar-refractivity contribution is 0.0467. The van der Waals surface area contributed by atoms with Gasteiger partial charge in [0, 0.05) is 6.61 Å². The Labute approximate surface area is 104 Å². The van der Waals surface area contributed by atoms with Crippen molar-refractivity contribution in [1.29, 1.82) is 0 Å². The molecule has 1 atom stereocenters. The molecule has 0 bridgehead atoms. The van der Waals surface area contributed by atoms with Crippen LogP contribution in [0.1, 0.15) is 37.7 Å². The van der Waals surface area contributed by atoms with E-state index in [-0.39, 0.29) is 6.10 Å². The first-order valence-electron chi connectivity index (χ1n) is 6.66. The highest BCUT2D eigenvalue weighted by Gasteiger charge is 2.22. The second kappa shape index (κ2) is 6.77. The van der Waals surface area contributed by atoms with Gasteiger partial charge in [0.15, 0.2) is 0 Å². The molecule has 1 N–H and O–H groups in total. The number of aliphatic hydroxyl groups excluding tert-OH is 1. The van der Waals surface area contributed by atoms with Gasteiger partial charge in [0.1, 0.15) is 0 Å². The van der Waals surface area contributed by atoms with Crippen molar-refractivity contribution in [2.75, 3.05) is 6.61 Å². The standard InChI is InChI=1S/C15H22O2/c16-15(14-8-4-5-9-14)10-11-17-12-13-6-2-1-3-7-13/h1-3,6-7,14-16H,4-5,8-12H2. The van der Waals surface area contributed by atoms with Gasteiger partial charge in [-0.05, 0) is 30.7 Å². The van der Waals surface area contributed by atoms with E-state index in [0.29, 0.717) is 19.1 Å². The molecule has 0 amide bonds. The van der Waals surface area contributed by atoms with Crippen LogP contribution in [0.15, 0.2) is 30.3 Å². The molecule has 0 aromatic heterocycles. The minimum absolute atomic E-state index is 0.159. The molecule has 1 aromatic rings. The smallest absolute Gasteiger partial charge is 0.0716 e. The number of ether oxygens (including phenoxy) is 1. The van der Waals surface area contributed by atoms with E-state index < -0.39 is 0 Å². The molecule has 2 nitrogen and oxygen atoms in total. The largest absolute Gasteiger partial charge is 0.393 e. The second-order valence-corrected chi connectivity index (χ2v) is 4.94. The fraction of sp³-hybridized carbons (Fsp3) is 0.600. The molecule has 0 saturated heterocycles. The number of hydrogen-bond donors (Lipinski definition) is 1. The summed E-state index contributed by atoms with van der Waals surface area (Å²) in [4.78, 5) is 0. The van der Waals surface area contributed by atoms with Gasteiger partial charge in [-0.1, -0.05) is 43.2 Å². The van der Waals surface area contributed by atoms with Crippen molar-refractivity contribution in [3.8, 4) is 0 Å². The van der Waals surface area contributed by atoms with Gasteiger partial charge >= 0.3 is 0 Å². The predicted octanol–water partition coefficient (Wildman–Crippen LogP) is 3.14.